The van der Waals surface area contributed by atoms with Gasteiger partial charge in [0.15, 0.2) is 0 Å². The lowest BCUT2D eigenvalue weighted by atomic mass is 9.71. The van der Waals surface area contributed by atoms with Gasteiger partial charge in [0.1, 0.15) is 0 Å². The molecular formula is C23H24Cl2N2. The summed E-state index contributed by atoms with van der Waals surface area (Å²) in [5.41, 5.74) is 3.97. The third-order valence-electron chi connectivity index (χ3n) is 5.96. The Morgan fingerprint density at radius 3 is 2.37 bits per heavy atom. The van der Waals surface area contributed by atoms with Crippen LogP contribution >= 0.6 is 23.2 Å². The maximum absolute atomic E-state index is 6.55. The maximum atomic E-state index is 6.55. The topological polar surface area (TPSA) is 17.8 Å². The van der Waals surface area contributed by atoms with Crippen LogP contribution in [-0.4, -0.2) is 9.55 Å². The Bertz CT molecular complexity index is 895. The van der Waals surface area contributed by atoms with E-state index in [1.54, 1.807) is 12.3 Å². The van der Waals surface area contributed by atoms with Crippen LogP contribution in [0.1, 0.15) is 61.8 Å². The number of hydrogen-bond acceptors (Lipinski definition) is 1. The molecule has 0 bridgehead atoms. The Morgan fingerprint density at radius 2 is 1.74 bits per heavy atom. The smallest absolute Gasteiger partial charge is 0.0954 e. The summed E-state index contributed by atoms with van der Waals surface area (Å²) in [5.74, 6) is 0. The first-order chi connectivity index (χ1) is 13.1. The van der Waals surface area contributed by atoms with Crippen LogP contribution in [0.3, 0.4) is 0 Å². The third kappa shape index (κ3) is 3.79. The second kappa shape index (κ2) is 7.69. The maximum Gasteiger partial charge on any atom is 0.0954 e. The summed E-state index contributed by atoms with van der Waals surface area (Å²) in [6.45, 7) is 2.41. The van der Waals surface area contributed by atoms with Crippen LogP contribution in [0.4, 0.5) is 0 Å². The van der Waals surface area contributed by atoms with Crippen LogP contribution < -0.4 is 0 Å². The number of hydrogen-bond donors (Lipinski definition) is 0. The van der Waals surface area contributed by atoms with Crippen molar-refractivity contribution in [3.63, 3.8) is 0 Å². The summed E-state index contributed by atoms with van der Waals surface area (Å²) in [7, 11) is 0. The molecule has 1 saturated carbocycles. The molecule has 27 heavy (non-hydrogen) atoms. The monoisotopic (exact) mass is 398 g/mol. The van der Waals surface area contributed by atoms with E-state index in [2.05, 4.69) is 40.7 Å². The Kier molecular flexibility index (Phi) is 5.29. The first-order valence-corrected chi connectivity index (χ1v) is 10.4. The van der Waals surface area contributed by atoms with Crippen LogP contribution in [0.5, 0.6) is 0 Å². The Morgan fingerprint density at radius 1 is 1.00 bits per heavy atom. The van der Waals surface area contributed by atoms with Gasteiger partial charge in [-0.2, -0.15) is 0 Å². The van der Waals surface area contributed by atoms with Gasteiger partial charge >= 0.3 is 0 Å². The number of halogens is 2. The average Bonchev–Trinajstić information content (AvgIpc) is 3.19. The van der Waals surface area contributed by atoms with Crippen molar-refractivity contribution >= 4 is 23.2 Å². The predicted molar refractivity (Wildman–Crippen MR) is 113 cm³/mol. The normalized spacial score (nSPS) is 17.6. The minimum Gasteiger partial charge on any atom is -0.326 e. The molecule has 1 heterocycles. The lowest BCUT2D eigenvalue weighted by molar-refractivity contribution is 0.319. The summed E-state index contributed by atoms with van der Waals surface area (Å²) in [6, 6.07) is 14.8. The number of nitrogens with zero attached hydrogens (tertiary/aromatic N) is 2. The molecule has 0 amide bonds. The molecule has 1 unspecified atom stereocenters. The van der Waals surface area contributed by atoms with Gasteiger partial charge in [0, 0.05) is 22.4 Å². The first kappa shape index (κ1) is 18.6. The molecule has 0 aliphatic heterocycles. The molecule has 0 spiro atoms. The van der Waals surface area contributed by atoms with E-state index in [0.29, 0.717) is 15.5 Å². The lowest BCUT2D eigenvalue weighted by Gasteiger charge is -2.34. The van der Waals surface area contributed by atoms with E-state index in [4.69, 9.17) is 23.2 Å². The van der Waals surface area contributed by atoms with Gasteiger partial charge in [-0.15, -0.1) is 0 Å². The third-order valence-corrected chi connectivity index (χ3v) is 6.52. The Hall–Kier alpha value is -1.77. The number of benzene rings is 2. The van der Waals surface area contributed by atoms with Gasteiger partial charge in [0.25, 0.3) is 0 Å². The highest BCUT2D eigenvalue weighted by atomic mass is 35.5. The fraction of sp³-hybridized carbons (Fsp3) is 0.348. The molecule has 0 N–H and O–H groups in total. The van der Waals surface area contributed by atoms with E-state index in [0.717, 1.165) is 5.56 Å². The lowest BCUT2D eigenvalue weighted by Crippen LogP contribution is -2.25. The zero-order chi connectivity index (χ0) is 18.9. The molecule has 1 aliphatic carbocycles. The van der Waals surface area contributed by atoms with Crippen molar-refractivity contribution in [2.75, 3.05) is 0 Å². The Labute approximate surface area is 171 Å². The van der Waals surface area contributed by atoms with Crippen molar-refractivity contribution in [1.82, 2.24) is 9.55 Å². The molecule has 4 heteroatoms. The molecule has 1 aromatic heterocycles. The van der Waals surface area contributed by atoms with Crippen molar-refractivity contribution in [3.8, 4) is 0 Å². The van der Waals surface area contributed by atoms with Crippen LogP contribution in [0, 0.1) is 0 Å². The second-order valence-electron chi connectivity index (χ2n) is 7.82. The van der Waals surface area contributed by atoms with E-state index in [1.807, 2.05) is 24.7 Å². The van der Waals surface area contributed by atoms with Gasteiger partial charge in [-0.05, 0) is 47.1 Å². The van der Waals surface area contributed by atoms with Crippen molar-refractivity contribution in [2.24, 2.45) is 0 Å². The Balaban J connectivity index is 1.73. The van der Waals surface area contributed by atoms with Crippen molar-refractivity contribution < 1.29 is 0 Å². The van der Waals surface area contributed by atoms with Gasteiger partial charge in [-0.25, -0.2) is 4.98 Å². The van der Waals surface area contributed by atoms with E-state index in [-0.39, 0.29) is 6.04 Å². The second-order valence-corrected chi connectivity index (χ2v) is 8.67. The van der Waals surface area contributed by atoms with E-state index >= 15 is 0 Å². The first-order valence-electron chi connectivity index (χ1n) is 9.60. The minimum absolute atomic E-state index is 0.0227. The van der Waals surface area contributed by atoms with Crippen molar-refractivity contribution in [1.29, 1.82) is 0 Å². The predicted octanol–water partition coefficient (Wildman–Crippen LogP) is 7.05. The quantitative estimate of drug-likeness (QED) is 0.460. The number of imidazole rings is 1. The van der Waals surface area contributed by atoms with E-state index in [1.165, 1.54) is 43.2 Å². The fourth-order valence-electron chi connectivity index (χ4n) is 4.35. The molecule has 1 fully saturated rings. The zero-order valence-electron chi connectivity index (χ0n) is 15.5. The highest BCUT2D eigenvalue weighted by Crippen LogP contribution is 2.40. The molecule has 140 valence electrons. The fourth-order valence-corrected chi connectivity index (χ4v) is 4.86. The molecule has 0 radical (unpaired) electrons. The summed E-state index contributed by atoms with van der Waals surface area (Å²) >= 11 is 12.7. The number of aromatic nitrogens is 2. The summed E-state index contributed by atoms with van der Waals surface area (Å²) in [4.78, 5) is 4.24. The SMILES string of the molecule is CC1(c2ccc(C(c3ccc(Cl)cc3Cl)n3ccnc3)cc2)CCCCC1. The van der Waals surface area contributed by atoms with Crippen molar-refractivity contribution in [2.45, 2.75) is 50.5 Å². The summed E-state index contributed by atoms with van der Waals surface area (Å²) < 4.78 is 2.09. The van der Waals surface area contributed by atoms with Crippen LogP contribution in [0.25, 0.3) is 0 Å². The molecule has 0 saturated heterocycles. The van der Waals surface area contributed by atoms with Gasteiger partial charge in [0.05, 0.1) is 12.4 Å². The van der Waals surface area contributed by atoms with E-state index < -0.39 is 0 Å². The van der Waals surface area contributed by atoms with Gasteiger partial charge in [-0.1, -0.05) is 79.7 Å². The highest BCUT2D eigenvalue weighted by molar-refractivity contribution is 6.35. The molecular weight excluding hydrogens is 375 g/mol. The van der Waals surface area contributed by atoms with Gasteiger partial charge in [-0.3, -0.25) is 0 Å². The molecule has 1 aliphatic rings. The zero-order valence-corrected chi connectivity index (χ0v) is 17.0. The largest absolute Gasteiger partial charge is 0.326 e. The van der Waals surface area contributed by atoms with Crippen LogP contribution in [0.2, 0.25) is 10.0 Å². The molecule has 1 atom stereocenters. The van der Waals surface area contributed by atoms with Gasteiger partial charge in [0.2, 0.25) is 0 Å². The summed E-state index contributed by atoms with van der Waals surface area (Å²) in [5, 5.41) is 1.32. The van der Waals surface area contributed by atoms with Crippen LogP contribution in [-0.2, 0) is 5.41 Å². The number of rotatable bonds is 4. The van der Waals surface area contributed by atoms with Crippen molar-refractivity contribution in [3.05, 3.63) is 87.9 Å². The average molecular weight is 399 g/mol. The molecule has 2 aromatic carbocycles. The molecule has 2 nitrogen and oxygen atoms in total. The standard InChI is InChI=1S/C23H24Cl2N2/c1-23(11-3-2-4-12-23)18-7-5-17(6-8-18)22(27-14-13-26-16-27)20-10-9-19(24)15-21(20)25/h5-10,13-16,22H,2-4,11-12H2,1H3. The molecule has 4 rings (SSSR count). The van der Waals surface area contributed by atoms with E-state index in [9.17, 15) is 0 Å². The van der Waals surface area contributed by atoms with Gasteiger partial charge < -0.3 is 4.57 Å². The van der Waals surface area contributed by atoms with Crippen LogP contribution in [0.15, 0.2) is 61.2 Å². The molecule has 3 aromatic rings. The summed E-state index contributed by atoms with van der Waals surface area (Å²) in [6.07, 6.45) is 12.2. The highest BCUT2D eigenvalue weighted by Gasteiger charge is 2.29. The minimum atomic E-state index is -0.0227.